The maximum absolute atomic E-state index is 12.8. The highest BCUT2D eigenvalue weighted by atomic mass is 32.2. The first-order valence-electron chi connectivity index (χ1n) is 10.9. The lowest BCUT2D eigenvalue weighted by molar-refractivity contribution is -0.135. The van der Waals surface area contributed by atoms with Gasteiger partial charge in [-0.3, -0.25) is 9.59 Å². The first-order chi connectivity index (χ1) is 16.1. The number of amides is 2. The second-order valence-electron chi connectivity index (χ2n) is 8.04. The molecule has 0 unspecified atom stereocenters. The lowest BCUT2D eigenvalue weighted by Crippen LogP contribution is -2.42. The quantitative estimate of drug-likeness (QED) is 0.603. The summed E-state index contributed by atoms with van der Waals surface area (Å²) in [5, 5.41) is 4.40. The third-order valence-corrected chi connectivity index (χ3v) is 6.60. The van der Waals surface area contributed by atoms with Crippen LogP contribution in [0.15, 0.2) is 64.6 Å². The lowest BCUT2D eigenvalue weighted by Gasteiger charge is -2.27. The maximum atomic E-state index is 12.8. The van der Waals surface area contributed by atoms with Crippen LogP contribution in [0.2, 0.25) is 0 Å². The molecule has 0 saturated carbocycles. The van der Waals surface area contributed by atoms with Crippen LogP contribution in [0.25, 0.3) is 17.0 Å². The van der Waals surface area contributed by atoms with Gasteiger partial charge in [-0.15, -0.1) is 0 Å². The lowest BCUT2D eigenvalue weighted by atomic mass is 10.1. The summed E-state index contributed by atoms with van der Waals surface area (Å²) >= 11 is 1.32. The summed E-state index contributed by atoms with van der Waals surface area (Å²) in [4.78, 5) is 32.4. The average molecular weight is 461 g/mol. The van der Waals surface area contributed by atoms with Gasteiger partial charge in [-0.1, -0.05) is 35.9 Å². The van der Waals surface area contributed by atoms with E-state index >= 15 is 0 Å². The van der Waals surface area contributed by atoms with E-state index in [1.807, 2.05) is 77.2 Å². The molecule has 8 heteroatoms. The molecule has 5 rings (SSSR count). The second-order valence-corrected chi connectivity index (χ2v) is 9.07. The van der Waals surface area contributed by atoms with Crippen molar-refractivity contribution in [2.75, 3.05) is 26.3 Å². The van der Waals surface area contributed by atoms with Crippen molar-refractivity contribution in [3.63, 3.8) is 0 Å². The molecule has 2 amide bonds. The number of benzene rings is 2. The van der Waals surface area contributed by atoms with Crippen LogP contribution in [0.4, 0.5) is 5.69 Å². The number of thioether (sulfide) groups is 1. The van der Waals surface area contributed by atoms with E-state index in [2.05, 4.69) is 10.3 Å². The number of ether oxygens (including phenoxy) is 1. The van der Waals surface area contributed by atoms with Gasteiger partial charge in [0.1, 0.15) is 6.54 Å². The third kappa shape index (κ3) is 4.72. The number of aliphatic imine (C=N–C) groups is 1. The predicted molar refractivity (Wildman–Crippen MR) is 131 cm³/mol. The summed E-state index contributed by atoms with van der Waals surface area (Å²) in [7, 11) is 0. The van der Waals surface area contributed by atoms with Crippen molar-refractivity contribution in [1.29, 1.82) is 0 Å². The molecule has 2 aromatic carbocycles. The molecule has 2 aliphatic heterocycles. The molecule has 33 heavy (non-hydrogen) atoms. The second kappa shape index (κ2) is 9.25. The third-order valence-electron chi connectivity index (χ3n) is 5.69. The highest BCUT2D eigenvalue weighted by molar-refractivity contribution is 8.18. The van der Waals surface area contributed by atoms with E-state index in [1.165, 1.54) is 11.8 Å². The Morgan fingerprint density at radius 1 is 1.15 bits per heavy atom. The molecule has 0 atom stereocenters. The Morgan fingerprint density at radius 2 is 1.91 bits per heavy atom. The molecular weight excluding hydrogens is 436 g/mol. The van der Waals surface area contributed by atoms with Gasteiger partial charge in [0.2, 0.25) is 5.91 Å². The Hall–Kier alpha value is -3.36. The molecule has 168 valence electrons. The number of carbonyl (C=O) groups excluding carboxylic acids is 2. The van der Waals surface area contributed by atoms with Gasteiger partial charge < -0.3 is 19.5 Å². The van der Waals surface area contributed by atoms with Gasteiger partial charge in [-0.25, -0.2) is 4.99 Å². The topological polar surface area (TPSA) is 75.9 Å². The zero-order valence-electron chi connectivity index (χ0n) is 18.3. The molecule has 3 heterocycles. The van der Waals surface area contributed by atoms with Crippen molar-refractivity contribution >= 4 is 51.4 Å². The summed E-state index contributed by atoms with van der Waals surface area (Å²) in [5.41, 5.74) is 3.81. The number of amidine groups is 1. The van der Waals surface area contributed by atoms with Crippen LogP contribution >= 0.6 is 11.8 Å². The summed E-state index contributed by atoms with van der Waals surface area (Å²) in [6.07, 6.45) is 3.81. The van der Waals surface area contributed by atoms with Gasteiger partial charge in [0.05, 0.1) is 23.8 Å². The van der Waals surface area contributed by atoms with Crippen LogP contribution in [0.3, 0.4) is 0 Å². The van der Waals surface area contributed by atoms with Gasteiger partial charge in [-0.05, 0) is 43.0 Å². The molecule has 2 fully saturated rings. The molecule has 2 saturated heterocycles. The van der Waals surface area contributed by atoms with E-state index in [1.54, 1.807) is 0 Å². The number of morpholine rings is 1. The molecular formula is C25H24N4O3S. The summed E-state index contributed by atoms with van der Waals surface area (Å²) in [5.74, 6) is -0.106. The van der Waals surface area contributed by atoms with E-state index in [-0.39, 0.29) is 18.4 Å². The minimum atomic E-state index is -0.174. The number of aromatic nitrogens is 1. The Morgan fingerprint density at radius 3 is 2.70 bits per heavy atom. The standard InChI is InChI=1S/C25H24N4O3S/c1-17-6-8-19(9-7-17)26-25-27-24(31)22(33-25)14-18-15-29(21-5-3-2-4-20(18)21)16-23(30)28-10-12-32-13-11-28/h2-9,14-15H,10-13,16H2,1H3,(H,26,27,31)/b22-14+. The number of hydrogen-bond donors (Lipinski definition) is 1. The fourth-order valence-corrected chi connectivity index (χ4v) is 4.77. The number of nitrogens with one attached hydrogen (secondary N) is 1. The van der Waals surface area contributed by atoms with Gasteiger partial charge in [0.15, 0.2) is 5.17 Å². The Labute approximate surface area is 196 Å². The molecule has 1 N–H and O–H groups in total. The number of para-hydroxylation sites is 1. The molecule has 7 nitrogen and oxygen atoms in total. The van der Waals surface area contributed by atoms with E-state index in [9.17, 15) is 9.59 Å². The van der Waals surface area contributed by atoms with Crippen LogP contribution in [-0.2, 0) is 20.9 Å². The van der Waals surface area contributed by atoms with Crippen molar-refractivity contribution < 1.29 is 14.3 Å². The van der Waals surface area contributed by atoms with Crippen LogP contribution in [0, 0.1) is 6.92 Å². The van der Waals surface area contributed by atoms with Crippen molar-refractivity contribution in [1.82, 2.24) is 14.8 Å². The molecule has 3 aromatic rings. The normalized spacial score (nSPS) is 18.9. The van der Waals surface area contributed by atoms with Crippen LogP contribution in [-0.4, -0.2) is 52.8 Å². The summed E-state index contributed by atoms with van der Waals surface area (Å²) in [6, 6.07) is 15.8. The monoisotopic (exact) mass is 460 g/mol. The fraction of sp³-hybridized carbons (Fsp3) is 0.240. The van der Waals surface area contributed by atoms with Crippen LogP contribution in [0.1, 0.15) is 11.1 Å². The van der Waals surface area contributed by atoms with E-state index in [4.69, 9.17) is 4.74 Å². The molecule has 0 bridgehead atoms. The highest BCUT2D eigenvalue weighted by Crippen LogP contribution is 2.31. The number of aryl methyl sites for hydroxylation is 1. The zero-order chi connectivity index (χ0) is 22.8. The van der Waals surface area contributed by atoms with Gasteiger partial charge in [-0.2, -0.15) is 0 Å². The Kier molecular flexibility index (Phi) is 6.02. The van der Waals surface area contributed by atoms with Crippen molar-refractivity contribution in [3.8, 4) is 0 Å². The number of nitrogens with zero attached hydrogens (tertiary/aromatic N) is 3. The SMILES string of the molecule is Cc1ccc(N=C2NC(=O)/C(=C\c3cn(CC(=O)N4CCOCC4)c4ccccc34)S2)cc1. The van der Waals surface area contributed by atoms with Crippen LogP contribution < -0.4 is 5.32 Å². The fourth-order valence-electron chi connectivity index (χ4n) is 3.94. The van der Waals surface area contributed by atoms with Gasteiger partial charge >= 0.3 is 0 Å². The van der Waals surface area contributed by atoms with Crippen molar-refractivity contribution in [3.05, 3.63) is 70.8 Å². The molecule has 2 aliphatic rings. The van der Waals surface area contributed by atoms with E-state index < -0.39 is 0 Å². The minimum Gasteiger partial charge on any atom is -0.378 e. The number of hydrogen-bond acceptors (Lipinski definition) is 5. The minimum absolute atomic E-state index is 0.0683. The highest BCUT2D eigenvalue weighted by Gasteiger charge is 2.25. The molecule has 0 radical (unpaired) electrons. The number of fused-ring (bicyclic) bond motifs is 1. The van der Waals surface area contributed by atoms with Crippen molar-refractivity contribution in [2.24, 2.45) is 4.99 Å². The van der Waals surface area contributed by atoms with Gasteiger partial charge in [0.25, 0.3) is 5.91 Å². The summed E-state index contributed by atoms with van der Waals surface area (Å²) < 4.78 is 7.31. The number of rotatable bonds is 4. The van der Waals surface area contributed by atoms with Gasteiger partial charge in [0, 0.05) is 35.8 Å². The molecule has 0 aliphatic carbocycles. The smallest absolute Gasteiger partial charge is 0.264 e. The largest absolute Gasteiger partial charge is 0.378 e. The van der Waals surface area contributed by atoms with Crippen molar-refractivity contribution in [2.45, 2.75) is 13.5 Å². The molecule has 0 spiro atoms. The predicted octanol–water partition coefficient (Wildman–Crippen LogP) is 3.70. The summed E-state index contributed by atoms with van der Waals surface area (Å²) in [6.45, 7) is 4.67. The first kappa shape index (κ1) is 21.5. The average Bonchev–Trinajstić information content (AvgIpc) is 3.35. The Bertz CT molecular complexity index is 1270. The molecule has 1 aromatic heterocycles. The maximum Gasteiger partial charge on any atom is 0.264 e. The van der Waals surface area contributed by atoms with E-state index in [0.717, 1.165) is 27.7 Å². The number of carbonyl (C=O) groups is 2. The van der Waals surface area contributed by atoms with E-state index in [0.29, 0.717) is 36.4 Å². The first-order valence-corrected chi connectivity index (χ1v) is 11.7. The zero-order valence-corrected chi connectivity index (χ0v) is 19.1. The Balaban J connectivity index is 1.41. The van der Waals surface area contributed by atoms with Crippen LogP contribution in [0.5, 0.6) is 0 Å².